The van der Waals surface area contributed by atoms with Crippen molar-refractivity contribution >= 4 is 23.1 Å². The maximum atomic E-state index is 6.09. The SMILES string of the molecule is Cc1nn2c(NCCC[NH+](C)C)cc(C(C)(C)C)nc2c1-c1ccc(Cl)cc1. The van der Waals surface area contributed by atoms with Gasteiger partial charge in [-0.3, -0.25) is 0 Å². The van der Waals surface area contributed by atoms with Crippen LogP contribution < -0.4 is 10.2 Å². The van der Waals surface area contributed by atoms with Crippen LogP contribution in [0.2, 0.25) is 5.02 Å². The predicted molar refractivity (Wildman–Crippen MR) is 118 cm³/mol. The Morgan fingerprint density at radius 1 is 1.14 bits per heavy atom. The van der Waals surface area contributed by atoms with Gasteiger partial charge in [0.2, 0.25) is 0 Å². The van der Waals surface area contributed by atoms with E-state index in [0.29, 0.717) is 0 Å². The molecular weight excluding hydrogens is 370 g/mol. The van der Waals surface area contributed by atoms with Crippen molar-refractivity contribution in [2.45, 2.75) is 39.5 Å². The summed E-state index contributed by atoms with van der Waals surface area (Å²) in [6.45, 7) is 10.6. The molecule has 0 saturated carbocycles. The van der Waals surface area contributed by atoms with Gasteiger partial charge in [0.1, 0.15) is 5.82 Å². The molecule has 0 aliphatic heterocycles. The van der Waals surface area contributed by atoms with Crippen LogP contribution in [0.4, 0.5) is 5.82 Å². The standard InChI is InChI=1S/C22H30ClN5/c1-15-20(16-8-10-17(23)11-9-16)21-25-18(22(2,3)4)14-19(28(21)26-15)24-12-7-13-27(5)6/h8-11,14,24H,7,12-13H2,1-6H3/p+1. The first-order valence-corrected chi connectivity index (χ1v) is 10.2. The highest BCUT2D eigenvalue weighted by molar-refractivity contribution is 6.30. The van der Waals surface area contributed by atoms with Crippen LogP contribution in [0.3, 0.4) is 0 Å². The first-order valence-electron chi connectivity index (χ1n) is 9.86. The molecule has 0 aliphatic rings. The summed E-state index contributed by atoms with van der Waals surface area (Å²) in [7, 11) is 4.36. The number of fused-ring (bicyclic) bond motifs is 1. The molecule has 1 aromatic carbocycles. The van der Waals surface area contributed by atoms with E-state index in [1.54, 1.807) is 0 Å². The second-order valence-electron chi connectivity index (χ2n) is 8.72. The molecule has 2 N–H and O–H groups in total. The third-order valence-corrected chi connectivity index (χ3v) is 5.08. The summed E-state index contributed by atoms with van der Waals surface area (Å²) in [6, 6.07) is 10.0. The first-order chi connectivity index (χ1) is 13.2. The number of nitrogens with one attached hydrogen (secondary N) is 2. The molecule has 0 bridgehead atoms. The monoisotopic (exact) mass is 400 g/mol. The van der Waals surface area contributed by atoms with E-state index in [9.17, 15) is 0 Å². The van der Waals surface area contributed by atoms with E-state index in [2.05, 4.69) is 46.2 Å². The van der Waals surface area contributed by atoms with Gasteiger partial charge in [0, 0.05) is 35.0 Å². The fraction of sp³-hybridized carbons (Fsp3) is 0.455. The van der Waals surface area contributed by atoms with Crippen LogP contribution in [0.5, 0.6) is 0 Å². The number of benzene rings is 1. The number of hydrogen-bond donors (Lipinski definition) is 2. The van der Waals surface area contributed by atoms with Gasteiger partial charge in [-0.25, -0.2) is 4.98 Å². The molecule has 2 aromatic heterocycles. The van der Waals surface area contributed by atoms with Crippen molar-refractivity contribution in [1.82, 2.24) is 14.6 Å². The summed E-state index contributed by atoms with van der Waals surface area (Å²) in [4.78, 5) is 6.46. The van der Waals surface area contributed by atoms with E-state index < -0.39 is 0 Å². The lowest BCUT2D eigenvalue weighted by atomic mass is 9.92. The fourth-order valence-corrected chi connectivity index (χ4v) is 3.37. The Morgan fingerprint density at radius 2 is 1.82 bits per heavy atom. The van der Waals surface area contributed by atoms with Crippen LogP contribution in [0.25, 0.3) is 16.8 Å². The number of hydrogen-bond acceptors (Lipinski definition) is 3. The molecule has 150 valence electrons. The molecule has 0 unspecified atom stereocenters. The minimum Gasteiger partial charge on any atom is -0.370 e. The van der Waals surface area contributed by atoms with Crippen LogP contribution in [0.1, 0.15) is 38.6 Å². The maximum absolute atomic E-state index is 6.09. The van der Waals surface area contributed by atoms with Gasteiger partial charge < -0.3 is 10.2 Å². The van der Waals surface area contributed by atoms with E-state index in [0.717, 1.165) is 58.5 Å². The number of quaternary nitrogens is 1. The minimum atomic E-state index is -0.0542. The zero-order valence-electron chi connectivity index (χ0n) is 17.7. The van der Waals surface area contributed by atoms with E-state index >= 15 is 0 Å². The van der Waals surface area contributed by atoms with Gasteiger partial charge in [-0.05, 0) is 24.6 Å². The lowest BCUT2D eigenvalue weighted by Gasteiger charge is -2.20. The lowest BCUT2D eigenvalue weighted by Crippen LogP contribution is -3.05. The molecule has 2 heterocycles. The summed E-state index contributed by atoms with van der Waals surface area (Å²) < 4.78 is 1.94. The smallest absolute Gasteiger partial charge is 0.165 e. The third kappa shape index (κ3) is 4.47. The number of rotatable bonds is 6. The average Bonchev–Trinajstić information content (AvgIpc) is 2.94. The average molecular weight is 401 g/mol. The minimum absolute atomic E-state index is 0.0542. The first kappa shape index (κ1) is 20.6. The van der Waals surface area contributed by atoms with E-state index in [1.165, 1.54) is 4.90 Å². The number of anilines is 1. The van der Waals surface area contributed by atoms with Crippen LogP contribution >= 0.6 is 11.6 Å². The summed E-state index contributed by atoms with van der Waals surface area (Å²) in [6.07, 6.45) is 1.10. The van der Waals surface area contributed by atoms with Gasteiger partial charge in [-0.2, -0.15) is 9.61 Å². The van der Waals surface area contributed by atoms with Crippen molar-refractivity contribution in [2.75, 3.05) is 32.5 Å². The molecule has 0 saturated heterocycles. The number of aromatic nitrogens is 3. The molecule has 0 aliphatic carbocycles. The molecule has 6 heteroatoms. The Labute approximate surface area is 172 Å². The van der Waals surface area contributed by atoms with Gasteiger partial charge in [0.05, 0.1) is 32.0 Å². The number of halogens is 1. The Kier molecular flexibility index (Phi) is 5.96. The van der Waals surface area contributed by atoms with Gasteiger partial charge in [0.15, 0.2) is 5.65 Å². The normalized spacial score (nSPS) is 12.1. The lowest BCUT2D eigenvalue weighted by molar-refractivity contribution is -0.858. The molecule has 0 fully saturated rings. The summed E-state index contributed by atoms with van der Waals surface area (Å²) in [5.41, 5.74) is 4.98. The van der Waals surface area contributed by atoms with Gasteiger partial charge >= 0.3 is 0 Å². The molecule has 0 amide bonds. The van der Waals surface area contributed by atoms with Crippen molar-refractivity contribution < 1.29 is 4.90 Å². The topological polar surface area (TPSA) is 46.7 Å². The summed E-state index contributed by atoms with van der Waals surface area (Å²) >= 11 is 6.09. The molecule has 28 heavy (non-hydrogen) atoms. The Bertz CT molecular complexity index is 952. The second kappa shape index (κ2) is 8.10. The summed E-state index contributed by atoms with van der Waals surface area (Å²) in [5, 5.41) is 9.11. The zero-order valence-corrected chi connectivity index (χ0v) is 18.5. The van der Waals surface area contributed by atoms with Gasteiger partial charge in [-0.1, -0.05) is 44.5 Å². The molecule has 3 rings (SSSR count). The number of aryl methyl sites for hydroxylation is 1. The van der Waals surface area contributed by atoms with Gasteiger partial charge in [-0.15, -0.1) is 0 Å². The van der Waals surface area contributed by atoms with Crippen LogP contribution in [-0.4, -0.2) is 41.8 Å². The molecule has 3 aromatic rings. The van der Waals surface area contributed by atoms with E-state index in [-0.39, 0.29) is 5.41 Å². The Hall–Kier alpha value is -2.11. The molecule has 5 nitrogen and oxygen atoms in total. The number of nitrogens with zero attached hydrogens (tertiary/aromatic N) is 3. The molecule has 0 atom stereocenters. The fourth-order valence-electron chi connectivity index (χ4n) is 3.25. The van der Waals surface area contributed by atoms with Crippen molar-refractivity contribution in [2.24, 2.45) is 0 Å². The Balaban J connectivity index is 2.09. The molecule has 0 radical (unpaired) electrons. The highest BCUT2D eigenvalue weighted by Gasteiger charge is 2.22. The van der Waals surface area contributed by atoms with Crippen LogP contribution in [0.15, 0.2) is 30.3 Å². The molecule has 0 spiro atoms. The van der Waals surface area contributed by atoms with Crippen LogP contribution in [0, 0.1) is 6.92 Å². The van der Waals surface area contributed by atoms with Crippen LogP contribution in [-0.2, 0) is 5.41 Å². The van der Waals surface area contributed by atoms with Gasteiger partial charge in [0.25, 0.3) is 0 Å². The summed E-state index contributed by atoms with van der Waals surface area (Å²) in [5.74, 6) is 0.993. The molecular formula is C22H31ClN5+. The second-order valence-corrected chi connectivity index (χ2v) is 9.15. The predicted octanol–water partition coefficient (Wildman–Crippen LogP) is 3.60. The van der Waals surface area contributed by atoms with E-state index in [4.69, 9.17) is 21.7 Å². The highest BCUT2D eigenvalue weighted by atomic mass is 35.5. The maximum Gasteiger partial charge on any atom is 0.165 e. The highest BCUT2D eigenvalue weighted by Crippen LogP contribution is 2.32. The van der Waals surface area contributed by atoms with Crippen molar-refractivity contribution in [3.05, 3.63) is 46.7 Å². The third-order valence-electron chi connectivity index (χ3n) is 4.83. The largest absolute Gasteiger partial charge is 0.370 e. The van der Waals surface area contributed by atoms with Crippen molar-refractivity contribution in [3.63, 3.8) is 0 Å². The van der Waals surface area contributed by atoms with Crippen molar-refractivity contribution in [1.29, 1.82) is 0 Å². The quantitative estimate of drug-likeness (QED) is 0.621. The van der Waals surface area contributed by atoms with E-state index in [1.807, 2.05) is 35.7 Å². The zero-order chi connectivity index (χ0) is 20.5. The van der Waals surface area contributed by atoms with Crippen molar-refractivity contribution in [3.8, 4) is 11.1 Å². The Morgan fingerprint density at radius 3 is 2.43 bits per heavy atom.